The Labute approximate surface area is 356 Å². The molecule has 0 spiro atoms. The number of rotatable bonds is 5. The van der Waals surface area contributed by atoms with Crippen molar-refractivity contribution in [3.8, 4) is 45.5 Å². The molecule has 0 aliphatic heterocycles. The van der Waals surface area contributed by atoms with Crippen molar-refractivity contribution in [3.05, 3.63) is 212 Å². The molecule has 0 radical (unpaired) electrons. The van der Waals surface area contributed by atoms with Gasteiger partial charge in [-0.1, -0.05) is 146 Å². The van der Waals surface area contributed by atoms with Crippen molar-refractivity contribution in [1.29, 1.82) is 0 Å². The third kappa shape index (κ3) is 5.32. The maximum absolute atomic E-state index is 5.20. The summed E-state index contributed by atoms with van der Waals surface area (Å²) in [6, 6.07) is 75.8. The van der Waals surface area contributed by atoms with Crippen LogP contribution in [0.25, 0.3) is 121 Å². The first-order chi connectivity index (χ1) is 30.7. The Morgan fingerprint density at radius 1 is 0.258 bits per heavy atom. The first kappa shape index (κ1) is 34.5. The van der Waals surface area contributed by atoms with Crippen LogP contribution in [-0.4, -0.2) is 24.1 Å². The summed E-state index contributed by atoms with van der Waals surface area (Å²) in [5.74, 6) is 1.92. The lowest BCUT2D eigenvalue weighted by molar-refractivity contribution is 1.08. The minimum atomic E-state index is 0.626. The highest BCUT2D eigenvalue weighted by Crippen LogP contribution is 2.39. The highest BCUT2D eigenvalue weighted by molar-refractivity contribution is 6.15. The Kier molecular flexibility index (Phi) is 7.54. The van der Waals surface area contributed by atoms with E-state index in [9.17, 15) is 0 Å². The normalized spacial score (nSPS) is 11.9. The molecule has 5 nitrogen and oxygen atoms in total. The van der Waals surface area contributed by atoms with Crippen molar-refractivity contribution in [2.75, 3.05) is 0 Å². The van der Waals surface area contributed by atoms with Crippen LogP contribution in [0.1, 0.15) is 0 Å². The van der Waals surface area contributed by atoms with Crippen LogP contribution in [0, 0.1) is 0 Å². The van der Waals surface area contributed by atoms with Gasteiger partial charge in [0.2, 0.25) is 0 Å². The third-order valence-corrected chi connectivity index (χ3v) is 12.5. The first-order valence-corrected chi connectivity index (χ1v) is 21.0. The van der Waals surface area contributed by atoms with Gasteiger partial charge < -0.3 is 9.13 Å². The number of para-hydroxylation sites is 2. The van der Waals surface area contributed by atoms with Crippen LogP contribution in [0.5, 0.6) is 0 Å². The number of fused-ring (bicyclic) bond motifs is 9. The minimum Gasteiger partial charge on any atom is -0.309 e. The van der Waals surface area contributed by atoms with Gasteiger partial charge in [-0.25, -0.2) is 15.0 Å². The summed E-state index contributed by atoms with van der Waals surface area (Å²) in [6.45, 7) is 0. The van der Waals surface area contributed by atoms with E-state index >= 15 is 0 Å². The molecule has 0 saturated heterocycles. The minimum absolute atomic E-state index is 0.626. The van der Waals surface area contributed by atoms with Gasteiger partial charge in [0.1, 0.15) is 0 Å². The molecular weight excluding hydrogens is 755 g/mol. The fourth-order valence-electron chi connectivity index (χ4n) is 9.66. The van der Waals surface area contributed by atoms with Gasteiger partial charge in [-0.2, -0.15) is 0 Å². The maximum atomic E-state index is 5.20. The van der Waals surface area contributed by atoms with E-state index in [-0.39, 0.29) is 0 Å². The van der Waals surface area contributed by atoms with Crippen LogP contribution >= 0.6 is 0 Å². The van der Waals surface area contributed by atoms with Crippen LogP contribution in [0.2, 0.25) is 0 Å². The Bertz CT molecular complexity index is 3770. The summed E-state index contributed by atoms with van der Waals surface area (Å²) in [5.41, 5.74) is 9.75. The summed E-state index contributed by atoms with van der Waals surface area (Å²) in [5, 5.41) is 11.8. The number of hydrogen-bond acceptors (Lipinski definition) is 3. The average Bonchev–Trinajstić information content (AvgIpc) is 3.84. The fourth-order valence-corrected chi connectivity index (χ4v) is 9.66. The van der Waals surface area contributed by atoms with E-state index < -0.39 is 0 Å². The van der Waals surface area contributed by atoms with Crippen LogP contribution in [0.4, 0.5) is 0 Å². The quantitative estimate of drug-likeness (QED) is 0.174. The highest BCUT2D eigenvalue weighted by atomic mass is 15.0. The van der Waals surface area contributed by atoms with Gasteiger partial charge in [0.25, 0.3) is 0 Å². The molecule has 0 saturated carbocycles. The number of aromatic nitrogens is 5. The van der Waals surface area contributed by atoms with Crippen molar-refractivity contribution in [1.82, 2.24) is 24.1 Å². The van der Waals surface area contributed by atoms with Gasteiger partial charge in [-0.15, -0.1) is 0 Å². The number of hydrogen-bond donors (Lipinski definition) is 0. The maximum Gasteiger partial charge on any atom is 0.164 e. The molecule has 0 bridgehead atoms. The van der Waals surface area contributed by atoms with Gasteiger partial charge >= 0.3 is 0 Å². The van der Waals surface area contributed by atoms with E-state index in [0.717, 1.165) is 60.6 Å². The predicted molar refractivity (Wildman–Crippen MR) is 257 cm³/mol. The smallest absolute Gasteiger partial charge is 0.164 e. The standard InChI is InChI=1S/C57H35N5/c1-2-16-40-34-54-49(33-39(40)15-1)50-35-42(62-51-25-9-7-21-45(51)46-22-8-10-26-52(46)62)31-32-53(50)61(54)41-29-27-38(28-30-41)55-58-56(47-23-11-17-36-13-3-5-19-43(36)47)60-57(59-55)48-24-12-18-37-14-4-6-20-44(37)48/h1-35H. The van der Waals surface area contributed by atoms with E-state index in [0.29, 0.717) is 17.5 Å². The molecule has 0 N–H and O–H groups in total. The average molecular weight is 790 g/mol. The number of benzene rings is 10. The molecule has 0 atom stereocenters. The zero-order valence-corrected chi connectivity index (χ0v) is 33.4. The molecule has 5 heteroatoms. The molecule has 13 rings (SSSR count). The second-order valence-corrected chi connectivity index (χ2v) is 16.0. The lowest BCUT2D eigenvalue weighted by Gasteiger charge is -2.13. The van der Waals surface area contributed by atoms with E-state index in [4.69, 9.17) is 15.0 Å². The second kappa shape index (κ2) is 13.6. The molecule has 0 aliphatic rings. The molecule has 0 unspecified atom stereocenters. The van der Waals surface area contributed by atoms with Crippen LogP contribution in [0.3, 0.4) is 0 Å². The predicted octanol–water partition coefficient (Wildman–Crippen LogP) is 14.5. The summed E-state index contributed by atoms with van der Waals surface area (Å²) in [6.07, 6.45) is 0. The highest BCUT2D eigenvalue weighted by Gasteiger charge is 2.19. The topological polar surface area (TPSA) is 48.5 Å². The molecule has 288 valence electrons. The Balaban J connectivity index is 0.997. The Hall–Kier alpha value is -8.41. The zero-order chi connectivity index (χ0) is 40.7. The molecule has 0 fully saturated rings. The monoisotopic (exact) mass is 789 g/mol. The molecular formula is C57H35N5. The molecule has 13 aromatic rings. The van der Waals surface area contributed by atoms with Crippen LogP contribution in [0.15, 0.2) is 212 Å². The third-order valence-electron chi connectivity index (χ3n) is 12.5. The van der Waals surface area contributed by atoms with E-state index in [1.807, 2.05) is 0 Å². The first-order valence-electron chi connectivity index (χ1n) is 21.0. The molecule has 0 amide bonds. The van der Waals surface area contributed by atoms with Crippen LogP contribution in [-0.2, 0) is 0 Å². The summed E-state index contributed by atoms with van der Waals surface area (Å²) in [7, 11) is 0. The molecule has 3 heterocycles. The van der Waals surface area contributed by atoms with E-state index in [1.165, 1.54) is 43.4 Å². The molecule has 3 aromatic heterocycles. The summed E-state index contributed by atoms with van der Waals surface area (Å²) < 4.78 is 4.80. The lowest BCUT2D eigenvalue weighted by atomic mass is 10.0. The fraction of sp³-hybridized carbons (Fsp3) is 0. The van der Waals surface area contributed by atoms with Crippen molar-refractivity contribution in [2.45, 2.75) is 0 Å². The number of nitrogens with zero attached hydrogens (tertiary/aromatic N) is 5. The van der Waals surface area contributed by atoms with Crippen LogP contribution < -0.4 is 0 Å². The zero-order valence-electron chi connectivity index (χ0n) is 33.4. The SMILES string of the molecule is c1ccc2cc3c(cc2c1)c1cc(-n2c4ccccc4c4ccccc42)ccc1n3-c1ccc(-c2nc(-c3cccc4ccccc34)nc(-c3cccc4ccccc34)n2)cc1. The second-order valence-electron chi connectivity index (χ2n) is 16.0. The van der Waals surface area contributed by atoms with Gasteiger partial charge in [-0.05, 0) is 99.0 Å². The Morgan fingerprint density at radius 3 is 1.31 bits per heavy atom. The van der Waals surface area contributed by atoms with Crippen molar-refractivity contribution in [2.24, 2.45) is 0 Å². The van der Waals surface area contributed by atoms with Crippen molar-refractivity contribution < 1.29 is 0 Å². The van der Waals surface area contributed by atoms with Gasteiger partial charge in [0.15, 0.2) is 17.5 Å². The molecule has 10 aromatic carbocycles. The summed E-state index contributed by atoms with van der Waals surface area (Å²) >= 11 is 0. The van der Waals surface area contributed by atoms with Gasteiger partial charge in [-0.3, -0.25) is 0 Å². The lowest BCUT2D eigenvalue weighted by Crippen LogP contribution is -2.01. The Morgan fingerprint density at radius 2 is 0.694 bits per heavy atom. The van der Waals surface area contributed by atoms with Gasteiger partial charge in [0.05, 0.1) is 22.1 Å². The molecule has 0 aliphatic carbocycles. The van der Waals surface area contributed by atoms with Crippen molar-refractivity contribution >= 4 is 75.9 Å². The largest absolute Gasteiger partial charge is 0.309 e. The van der Waals surface area contributed by atoms with Gasteiger partial charge in [0, 0.05) is 49.6 Å². The summed E-state index contributed by atoms with van der Waals surface area (Å²) in [4.78, 5) is 15.6. The van der Waals surface area contributed by atoms with Crippen molar-refractivity contribution in [3.63, 3.8) is 0 Å². The molecule has 62 heavy (non-hydrogen) atoms. The van der Waals surface area contributed by atoms with E-state index in [2.05, 4.69) is 221 Å². The van der Waals surface area contributed by atoms with E-state index in [1.54, 1.807) is 0 Å².